The van der Waals surface area contributed by atoms with E-state index in [0.717, 1.165) is 10.8 Å². The molecule has 1 atom stereocenters. The lowest BCUT2D eigenvalue weighted by molar-refractivity contribution is 0.180. The molecule has 1 N–H and O–H groups in total. The minimum Gasteiger partial charge on any atom is -0.393 e. The van der Waals surface area contributed by atoms with E-state index in [2.05, 4.69) is 0 Å². The summed E-state index contributed by atoms with van der Waals surface area (Å²) >= 11 is 0. The highest BCUT2D eigenvalue weighted by Crippen LogP contribution is 2.14. The summed E-state index contributed by atoms with van der Waals surface area (Å²) in [6, 6.07) is 0. The van der Waals surface area contributed by atoms with Gasteiger partial charge in [-0.25, -0.2) is 4.79 Å². The predicted molar refractivity (Wildman–Crippen MR) is 82.7 cm³/mol. The van der Waals surface area contributed by atoms with Crippen LogP contribution in [-0.4, -0.2) is 24.9 Å². The lowest BCUT2D eigenvalue weighted by atomic mass is 10.2. The highest BCUT2D eigenvalue weighted by molar-refractivity contribution is 5.79. The van der Waals surface area contributed by atoms with Crippen molar-refractivity contribution in [1.29, 1.82) is 0 Å². The molecule has 0 amide bonds. The summed E-state index contributed by atoms with van der Waals surface area (Å²) in [4.78, 5) is 26.0. The fourth-order valence-electron chi connectivity index (χ4n) is 2.17. The van der Waals surface area contributed by atoms with E-state index < -0.39 is 80.4 Å². The number of aromatic nitrogens is 3. The number of aryl methyl sites for hydroxylation is 3. The van der Waals surface area contributed by atoms with E-state index in [4.69, 9.17) is 16.4 Å². The first-order valence-electron chi connectivity index (χ1n) is 12.1. The van der Waals surface area contributed by atoms with E-state index in [0.29, 0.717) is 4.57 Å². The molecule has 0 aliphatic rings. The Hall–Kier alpha value is -1.82. The van der Waals surface area contributed by atoms with Crippen molar-refractivity contribution in [1.82, 2.24) is 13.7 Å². The van der Waals surface area contributed by atoms with Gasteiger partial charge in [0.15, 0.2) is 0 Å². The van der Waals surface area contributed by atoms with E-state index in [1.165, 1.54) is 7.05 Å². The van der Waals surface area contributed by atoms with Gasteiger partial charge in [-0.05, 0) is 38.5 Å². The Morgan fingerprint density at radius 3 is 2.95 bits per heavy atom. The second-order valence-corrected chi connectivity index (χ2v) is 4.56. The molecule has 21 heavy (non-hydrogen) atoms. The second-order valence-electron chi connectivity index (χ2n) is 4.56. The quantitative estimate of drug-likeness (QED) is 0.892. The minimum atomic E-state index is -3.48. The maximum atomic E-state index is 13.1. The van der Waals surface area contributed by atoms with Crippen molar-refractivity contribution >= 4 is 11.0 Å². The first kappa shape index (κ1) is 6.12. The zero-order chi connectivity index (χ0) is 25.9. The molecular formula is C15H23N3O3. The van der Waals surface area contributed by atoms with Crippen LogP contribution in [0.3, 0.4) is 0 Å². The molecule has 0 radical (unpaired) electrons. The minimum absolute atomic E-state index is 0.289. The van der Waals surface area contributed by atoms with E-state index in [1.54, 1.807) is 0 Å². The summed E-state index contributed by atoms with van der Waals surface area (Å²) in [5.74, 6) is 0. The number of nitrogens with zero attached hydrogens (tertiary/aromatic N) is 3. The molecule has 2 aromatic heterocycles. The van der Waals surface area contributed by atoms with Gasteiger partial charge in [-0.1, -0.05) is 0 Å². The zero-order valence-corrected chi connectivity index (χ0v) is 11.3. The fraction of sp³-hybridized carbons (Fsp3) is 0.600. The number of fused-ring (bicyclic) bond motifs is 1. The average molecular weight is 305 g/mol. The number of hydrogen-bond acceptors (Lipinski definition) is 3. The molecule has 0 spiro atoms. The molecule has 6 heteroatoms. The van der Waals surface area contributed by atoms with Crippen LogP contribution in [0, 0.1) is 6.85 Å². The number of aliphatic hydroxyl groups is 1. The molecule has 116 valence electrons. The van der Waals surface area contributed by atoms with Crippen LogP contribution < -0.4 is 11.2 Å². The second kappa shape index (κ2) is 5.89. The Kier molecular flexibility index (Phi) is 1.72. The molecule has 0 saturated heterocycles. The van der Waals surface area contributed by atoms with Gasteiger partial charge in [-0.15, -0.1) is 0 Å². The van der Waals surface area contributed by atoms with Crippen molar-refractivity contribution in [3.63, 3.8) is 0 Å². The summed E-state index contributed by atoms with van der Waals surface area (Å²) in [5.41, 5.74) is -3.32. The molecule has 2 rings (SSSR count). The van der Waals surface area contributed by atoms with Gasteiger partial charge in [0.25, 0.3) is 5.56 Å². The molecule has 1 unspecified atom stereocenters. The molecule has 0 bridgehead atoms. The van der Waals surface area contributed by atoms with E-state index in [-0.39, 0.29) is 4.57 Å². The predicted octanol–water partition coefficient (Wildman–Crippen LogP) is 0.898. The Morgan fingerprint density at radius 1 is 1.48 bits per heavy atom. The lowest BCUT2D eigenvalue weighted by Gasteiger charge is -2.10. The molecule has 0 saturated carbocycles. The van der Waals surface area contributed by atoms with Gasteiger partial charge < -0.3 is 9.67 Å². The first-order chi connectivity index (χ1) is 14.6. The summed E-state index contributed by atoms with van der Waals surface area (Å²) in [6.07, 6.45) is -6.65. The van der Waals surface area contributed by atoms with Crippen molar-refractivity contribution in [2.24, 2.45) is 14.0 Å². The first-order valence-corrected chi connectivity index (χ1v) is 6.14. The summed E-state index contributed by atoms with van der Waals surface area (Å²) < 4.78 is 92.4. The van der Waals surface area contributed by atoms with Crippen LogP contribution in [0.4, 0.5) is 0 Å². The van der Waals surface area contributed by atoms with Gasteiger partial charge in [0.2, 0.25) is 0 Å². The van der Waals surface area contributed by atoms with Crippen molar-refractivity contribution < 1.29 is 21.6 Å². The van der Waals surface area contributed by atoms with Crippen LogP contribution >= 0.6 is 0 Å². The van der Waals surface area contributed by atoms with Gasteiger partial charge >= 0.3 is 5.69 Å². The average Bonchev–Trinajstić information content (AvgIpc) is 2.93. The maximum Gasteiger partial charge on any atom is 0.332 e. The molecule has 0 aromatic carbocycles. The van der Waals surface area contributed by atoms with Crippen LogP contribution in [0.15, 0.2) is 15.8 Å². The van der Waals surface area contributed by atoms with Gasteiger partial charge in [0.1, 0.15) is 5.65 Å². The number of rotatable bonds is 5. The van der Waals surface area contributed by atoms with E-state index in [9.17, 15) is 14.7 Å². The highest BCUT2D eigenvalue weighted by atomic mass is 16.3. The van der Waals surface area contributed by atoms with Crippen molar-refractivity contribution in [2.75, 3.05) is 0 Å². The maximum absolute atomic E-state index is 13.1. The SMILES string of the molecule is [2H]C([2H])([2H])c1cn(C)c2c1c(=O)n(CCCC([2H])([2H])C([2H])(O)C([2H])([2H])[2H])c(=O)n2C([2H])([2H])[2H]. The lowest BCUT2D eigenvalue weighted by Crippen LogP contribution is -2.39. The summed E-state index contributed by atoms with van der Waals surface area (Å²) in [6.45, 7) is -9.92. The van der Waals surface area contributed by atoms with Crippen LogP contribution in [0.5, 0.6) is 0 Å². The number of hydrogen-bond donors (Lipinski definition) is 1. The van der Waals surface area contributed by atoms with Crippen LogP contribution in [0.25, 0.3) is 11.0 Å². The summed E-state index contributed by atoms with van der Waals surface area (Å²) in [7, 11) is 1.28. The Labute approximate surface area is 140 Å². The molecule has 2 heterocycles. The van der Waals surface area contributed by atoms with Crippen LogP contribution in [-0.2, 0) is 20.6 Å². The Morgan fingerprint density at radius 2 is 2.29 bits per heavy atom. The van der Waals surface area contributed by atoms with Gasteiger partial charge in [0.05, 0.1) is 12.8 Å². The molecule has 0 fully saturated rings. The van der Waals surface area contributed by atoms with Crippen LogP contribution in [0.2, 0.25) is 0 Å². The normalized spacial score (nSPS) is 25.4. The standard InChI is InChI=1S/C15H23N3O3/c1-10-9-16(3)13-12(10)14(20)18(15(21)17(13)4)8-6-5-7-11(2)19/h9,11,19H,5-8H2,1-4H3/i1D3,2D3,4D3,7D2,11D. The third-order valence-corrected chi connectivity index (χ3v) is 3.09. The van der Waals surface area contributed by atoms with Crippen molar-refractivity contribution in [3.8, 4) is 0 Å². The topological polar surface area (TPSA) is 69.2 Å². The smallest absolute Gasteiger partial charge is 0.332 e. The van der Waals surface area contributed by atoms with E-state index >= 15 is 0 Å². The Bertz CT molecular complexity index is 1160. The molecule has 0 aliphatic carbocycles. The van der Waals surface area contributed by atoms with Crippen LogP contribution in [0.1, 0.15) is 48.1 Å². The van der Waals surface area contributed by atoms with E-state index in [1.807, 2.05) is 0 Å². The monoisotopic (exact) mass is 305 g/mol. The Balaban J connectivity index is 2.65. The third kappa shape index (κ3) is 2.81. The zero-order valence-electron chi connectivity index (χ0n) is 23.3. The highest BCUT2D eigenvalue weighted by Gasteiger charge is 2.15. The van der Waals surface area contributed by atoms with Crippen molar-refractivity contribution in [2.45, 2.75) is 45.5 Å². The molecule has 2 aromatic rings. The largest absolute Gasteiger partial charge is 0.393 e. The molecule has 6 nitrogen and oxygen atoms in total. The summed E-state index contributed by atoms with van der Waals surface area (Å²) in [5, 5.41) is 9.34. The fourth-order valence-corrected chi connectivity index (χ4v) is 2.17. The third-order valence-electron chi connectivity index (χ3n) is 3.09. The van der Waals surface area contributed by atoms with Crippen molar-refractivity contribution in [3.05, 3.63) is 32.6 Å². The van der Waals surface area contributed by atoms with Gasteiger partial charge in [0, 0.05) is 41.8 Å². The molecule has 0 aliphatic heterocycles. The van der Waals surface area contributed by atoms with Gasteiger partial charge in [-0.3, -0.25) is 13.9 Å². The van der Waals surface area contributed by atoms with Gasteiger partial charge in [-0.2, -0.15) is 0 Å². The molecular weight excluding hydrogens is 270 g/mol.